The molecule has 0 saturated heterocycles. The number of nitrogens with zero attached hydrogens (tertiary/aromatic N) is 3. The van der Waals surface area contributed by atoms with Crippen LogP contribution in [-0.4, -0.2) is 20.6 Å². The van der Waals surface area contributed by atoms with E-state index in [0.29, 0.717) is 34.7 Å². The maximum absolute atomic E-state index is 12.4. The van der Waals surface area contributed by atoms with Crippen LogP contribution in [0.4, 0.5) is 11.4 Å². The largest absolute Gasteiger partial charge is 0.322 e. The molecule has 7 heteroatoms. The van der Waals surface area contributed by atoms with Crippen LogP contribution in [0.15, 0.2) is 48.5 Å². The van der Waals surface area contributed by atoms with Gasteiger partial charge in [0.25, 0.3) is 5.91 Å². The molecule has 28 heavy (non-hydrogen) atoms. The Labute approximate surface area is 162 Å². The normalized spacial score (nSPS) is 10.3. The first kappa shape index (κ1) is 18.9. The Balaban J connectivity index is 1.73. The summed E-state index contributed by atoms with van der Waals surface area (Å²) >= 11 is 0. The number of nitrogens with one attached hydrogen (secondary N) is 1. The number of carbonyl (C=O) groups excluding carboxylic acids is 1. The molecule has 0 radical (unpaired) electrons. The molecule has 0 atom stereocenters. The van der Waals surface area contributed by atoms with Crippen molar-refractivity contribution in [1.82, 2.24) is 9.78 Å². The zero-order chi connectivity index (χ0) is 20.3. The highest BCUT2D eigenvalue weighted by Gasteiger charge is 2.21. The summed E-state index contributed by atoms with van der Waals surface area (Å²) in [5.41, 5.74) is 3.60. The molecule has 0 fully saturated rings. The van der Waals surface area contributed by atoms with Crippen molar-refractivity contribution in [1.29, 1.82) is 0 Å². The van der Waals surface area contributed by atoms with Crippen molar-refractivity contribution >= 4 is 17.3 Å². The van der Waals surface area contributed by atoms with E-state index in [1.807, 2.05) is 0 Å². The Morgan fingerprint density at radius 2 is 1.96 bits per heavy atom. The molecule has 2 aromatic carbocycles. The number of aryl methyl sites for hydroxylation is 1. The van der Waals surface area contributed by atoms with E-state index < -0.39 is 4.92 Å². The molecule has 0 aliphatic carbocycles. The minimum absolute atomic E-state index is 0.0326. The summed E-state index contributed by atoms with van der Waals surface area (Å²) in [5, 5.41) is 18.2. The Hall–Kier alpha value is -3.92. The van der Waals surface area contributed by atoms with Gasteiger partial charge < -0.3 is 5.32 Å². The summed E-state index contributed by atoms with van der Waals surface area (Å²) in [5.74, 6) is 2.28. The maximum atomic E-state index is 12.4. The van der Waals surface area contributed by atoms with Crippen molar-refractivity contribution in [2.45, 2.75) is 20.4 Å². The highest BCUT2D eigenvalue weighted by Crippen LogP contribution is 2.22. The van der Waals surface area contributed by atoms with Crippen molar-refractivity contribution in [3.05, 3.63) is 86.7 Å². The van der Waals surface area contributed by atoms with Crippen molar-refractivity contribution in [3.8, 4) is 12.3 Å². The van der Waals surface area contributed by atoms with E-state index >= 15 is 0 Å². The highest BCUT2D eigenvalue weighted by molar-refractivity contribution is 6.04. The molecule has 0 aliphatic rings. The van der Waals surface area contributed by atoms with Crippen molar-refractivity contribution in [2.75, 3.05) is 5.32 Å². The number of aromatic nitrogens is 2. The number of rotatable bonds is 5. The van der Waals surface area contributed by atoms with E-state index in [-0.39, 0.29) is 11.6 Å². The van der Waals surface area contributed by atoms with Gasteiger partial charge in [-0.15, -0.1) is 6.42 Å². The average Bonchev–Trinajstić information content (AvgIpc) is 2.95. The molecule has 0 unspecified atom stereocenters. The zero-order valence-electron chi connectivity index (χ0n) is 15.5. The van der Waals surface area contributed by atoms with Crippen molar-refractivity contribution in [2.24, 2.45) is 0 Å². The fourth-order valence-electron chi connectivity index (χ4n) is 2.93. The maximum Gasteiger partial charge on any atom is 0.312 e. The van der Waals surface area contributed by atoms with Gasteiger partial charge in [0, 0.05) is 16.8 Å². The lowest BCUT2D eigenvalue weighted by molar-refractivity contribution is -0.386. The van der Waals surface area contributed by atoms with Crippen LogP contribution in [0.25, 0.3) is 0 Å². The first-order valence-corrected chi connectivity index (χ1v) is 8.54. The SMILES string of the molecule is C#Cc1cccc(NC(=O)c2ccc(Cn3nc(C)c([N+](=O)[O-])c3C)cc2)c1. The van der Waals surface area contributed by atoms with Gasteiger partial charge in [-0.1, -0.05) is 24.1 Å². The lowest BCUT2D eigenvalue weighted by Gasteiger charge is -2.08. The lowest BCUT2D eigenvalue weighted by atomic mass is 10.1. The molecule has 7 nitrogen and oxygen atoms in total. The first-order valence-electron chi connectivity index (χ1n) is 8.54. The second kappa shape index (κ2) is 7.76. The summed E-state index contributed by atoms with van der Waals surface area (Å²) in [4.78, 5) is 23.1. The van der Waals surface area contributed by atoms with Crippen LogP contribution in [0, 0.1) is 36.3 Å². The molecular weight excluding hydrogens is 356 g/mol. The lowest BCUT2D eigenvalue weighted by Crippen LogP contribution is -2.12. The van der Waals surface area contributed by atoms with E-state index in [0.717, 1.165) is 5.56 Å². The van der Waals surface area contributed by atoms with Gasteiger partial charge in [0.15, 0.2) is 0 Å². The Kier molecular flexibility index (Phi) is 5.23. The first-order chi connectivity index (χ1) is 13.4. The third-order valence-corrected chi connectivity index (χ3v) is 4.36. The highest BCUT2D eigenvalue weighted by atomic mass is 16.6. The average molecular weight is 374 g/mol. The number of terminal acetylenes is 1. The third kappa shape index (κ3) is 3.91. The van der Waals surface area contributed by atoms with E-state index in [1.165, 1.54) is 0 Å². The van der Waals surface area contributed by atoms with Crippen molar-refractivity contribution < 1.29 is 9.72 Å². The van der Waals surface area contributed by atoms with E-state index in [1.54, 1.807) is 67.1 Å². The standard InChI is InChI=1S/C21H18N4O3/c1-4-16-6-5-7-19(12-16)22-21(26)18-10-8-17(9-11-18)13-24-15(3)20(25(27)28)14(2)23-24/h1,5-12H,13H2,2-3H3,(H,22,26). The summed E-state index contributed by atoms with van der Waals surface area (Å²) in [6.45, 7) is 3.67. The molecular formula is C21H18N4O3. The number of amides is 1. The summed E-state index contributed by atoms with van der Waals surface area (Å²) < 4.78 is 1.59. The van der Waals surface area contributed by atoms with Gasteiger partial charge in [0.05, 0.1) is 11.5 Å². The summed E-state index contributed by atoms with van der Waals surface area (Å²) in [6.07, 6.45) is 5.37. The molecule has 0 bridgehead atoms. The smallest absolute Gasteiger partial charge is 0.312 e. The minimum Gasteiger partial charge on any atom is -0.322 e. The van der Waals surface area contributed by atoms with Crippen LogP contribution in [0.2, 0.25) is 0 Å². The molecule has 140 valence electrons. The predicted octanol–water partition coefficient (Wildman–Crippen LogP) is 3.69. The third-order valence-electron chi connectivity index (χ3n) is 4.36. The Morgan fingerprint density at radius 1 is 1.25 bits per heavy atom. The van der Waals surface area contributed by atoms with Crippen LogP contribution in [-0.2, 0) is 6.54 Å². The molecule has 1 heterocycles. The van der Waals surface area contributed by atoms with E-state index in [4.69, 9.17) is 6.42 Å². The van der Waals surface area contributed by atoms with Crippen LogP contribution >= 0.6 is 0 Å². The van der Waals surface area contributed by atoms with E-state index in [2.05, 4.69) is 16.3 Å². The number of anilines is 1. The number of benzene rings is 2. The topological polar surface area (TPSA) is 90.1 Å². The van der Waals surface area contributed by atoms with Gasteiger partial charge in [0.2, 0.25) is 0 Å². The molecule has 0 aliphatic heterocycles. The van der Waals surface area contributed by atoms with Gasteiger partial charge in [0.1, 0.15) is 11.4 Å². The van der Waals surface area contributed by atoms with E-state index in [9.17, 15) is 14.9 Å². The second-order valence-electron chi connectivity index (χ2n) is 6.31. The Bertz CT molecular complexity index is 1090. The van der Waals surface area contributed by atoms with Crippen LogP contribution in [0.1, 0.15) is 32.9 Å². The molecule has 3 aromatic rings. The number of carbonyl (C=O) groups is 1. The Morgan fingerprint density at radius 3 is 2.57 bits per heavy atom. The quantitative estimate of drug-likeness (QED) is 0.419. The van der Waals surface area contributed by atoms with Crippen LogP contribution in [0.5, 0.6) is 0 Å². The fraction of sp³-hybridized carbons (Fsp3) is 0.143. The van der Waals surface area contributed by atoms with Gasteiger partial charge >= 0.3 is 5.69 Å². The monoisotopic (exact) mass is 374 g/mol. The zero-order valence-corrected chi connectivity index (χ0v) is 15.5. The van der Waals surface area contributed by atoms with Crippen LogP contribution < -0.4 is 5.32 Å². The molecule has 3 rings (SSSR count). The summed E-state index contributed by atoms with van der Waals surface area (Å²) in [7, 11) is 0. The van der Waals surface area contributed by atoms with Crippen molar-refractivity contribution in [3.63, 3.8) is 0 Å². The molecule has 1 N–H and O–H groups in total. The minimum atomic E-state index is -0.420. The van der Waals surface area contributed by atoms with Gasteiger partial charge in [-0.25, -0.2) is 0 Å². The molecule has 0 spiro atoms. The fourth-order valence-corrected chi connectivity index (χ4v) is 2.93. The van der Waals surface area contributed by atoms with Gasteiger partial charge in [-0.05, 0) is 49.7 Å². The molecule has 1 amide bonds. The van der Waals surface area contributed by atoms with Crippen LogP contribution in [0.3, 0.4) is 0 Å². The number of hydrogen-bond acceptors (Lipinski definition) is 4. The second-order valence-corrected chi connectivity index (χ2v) is 6.31. The summed E-state index contributed by atoms with van der Waals surface area (Å²) in [6, 6.07) is 14.1. The van der Waals surface area contributed by atoms with Gasteiger partial charge in [-0.3, -0.25) is 19.6 Å². The molecule has 1 aromatic heterocycles. The number of hydrogen-bond donors (Lipinski definition) is 1. The molecule has 0 saturated carbocycles. The van der Waals surface area contributed by atoms with Gasteiger partial charge in [-0.2, -0.15) is 5.10 Å². The predicted molar refractivity (Wildman–Crippen MR) is 106 cm³/mol. The number of nitro groups is 1.